The monoisotopic (exact) mass is 249 g/mol. The van der Waals surface area contributed by atoms with Crippen LogP contribution in [0.4, 0.5) is 5.82 Å². The zero-order chi connectivity index (χ0) is 12.3. The molecule has 0 aliphatic carbocycles. The van der Waals surface area contributed by atoms with E-state index in [0.29, 0.717) is 23.2 Å². The Morgan fingerprint density at radius 1 is 1.29 bits per heavy atom. The third-order valence-corrected chi connectivity index (χ3v) is 2.43. The van der Waals surface area contributed by atoms with E-state index in [2.05, 4.69) is 9.97 Å². The van der Waals surface area contributed by atoms with E-state index in [0.717, 1.165) is 11.1 Å². The number of nitrogen functional groups attached to an aromatic ring is 1. The van der Waals surface area contributed by atoms with Gasteiger partial charge in [0.1, 0.15) is 11.6 Å². The Kier molecular flexibility index (Phi) is 3.44. The Morgan fingerprint density at radius 2 is 2.12 bits per heavy atom. The molecule has 2 aromatic rings. The van der Waals surface area contributed by atoms with Crippen molar-refractivity contribution in [3.05, 3.63) is 35.7 Å². The molecule has 0 aliphatic heterocycles. The molecule has 0 aromatic carbocycles. The summed E-state index contributed by atoms with van der Waals surface area (Å²) in [7, 11) is 0. The Bertz CT molecular complexity index is 531. The predicted molar refractivity (Wildman–Crippen MR) is 68.1 cm³/mol. The van der Waals surface area contributed by atoms with Crippen LogP contribution in [0.5, 0.6) is 5.75 Å². The molecule has 0 bridgehead atoms. The molecule has 0 spiro atoms. The van der Waals surface area contributed by atoms with Gasteiger partial charge in [0.2, 0.25) is 0 Å². The van der Waals surface area contributed by atoms with E-state index in [1.807, 2.05) is 13.0 Å². The van der Waals surface area contributed by atoms with Gasteiger partial charge in [0.15, 0.2) is 0 Å². The highest BCUT2D eigenvalue weighted by molar-refractivity contribution is 6.30. The van der Waals surface area contributed by atoms with E-state index in [9.17, 15) is 0 Å². The first-order valence-corrected chi connectivity index (χ1v) is 5.57. The van der Waals surface area contributed by atoms with Gasteiger partial charge in [0, 0.05) is 23.5 Å². The highest BCUT2D eigenvalue weighted by Crippen LogP contribution is 2.28. The summed E-state index contributed by atoms with van der Waals surface area (Å²) in [6, 6.07) is 3.62. The molecule has 17 heavy (non-hydrogen) atoms. The predicted octanol–water partition coefficient (Wildman–Crippen LogP) is 2.78. The Morgan fingerprint density at radius 3 is 2.88 bits per heavy atom. The molecule has 0 fully saturated rings. The van der Waals surface area contributed by atoms with Crippen LogP contribution in [0.3, 0.4) is 0 Å². The number of ether oxygens (including phenoxy) is 1. The standard InChI is InChI=1S/C12H12ClN3O/c1-2-17-10-3-8(5-15-7-10)11-4-9(13)6-16-12(11)14/h3-7H,2H2,1H3,(H2,14,16). The molecule has 2 N–H and O–H groups in total. The van der Waals surface area contributed by atoms with Crippen molar-refractivity contribution in [2.75, 3.05) is 12.3 Å². The molecule has 0 amide bonds. The molecule has 0 aliphatic rings. The maximum Gasteiger partial charge on any atom is 0.138 e. The van der Waals surface area contributed by atoms with Gasteiger partial charge in [0.05, 0.1) is 17.8 Å². The number of anilines is 1. The minimum Gasteiger partial charge on any atom is -0.492 e. The minimum atomic E-state index is 0.421. The van der Waals surface area contributed by atoms with E-state index >= 15 is 0 Å². The van der Waals surface area contributed by atoms with Crippen LogP contribution in [0.15, 0.2) is 30.7 Å². The number of aromatic nitrogens is 2. The summed E-state index contributed by atoms with van der Waals surface area (Å²) in [6.45, 7) is 2.51. The van der Waals surface area contributed by atoms with Crippen molar-refractivity contribution >= 4 is 17.4 Å². The van der Waals surface area contributed by atoms with Gasteiger partial charge in [-0.15, -0.1) is 0 Å². The second kappa shape index (κ2) is 5.01. The smallest absolute Gasteiger partial charge is 0.138 e. The van der Waals surface area contributed by atoms with Crippen molar-refractivity contribution in [1.82, 2.24) is 9.97 Å². The lowest BCUT2D eigenvalue weighted by molar-refractivity contribution is 0.339. The van der Waals surface area contributed by atoms with Crippen molar-refractivity contribution in [3.8, 4) is 16.9 Å². The normalized spacial score (nSPS) is 10.2. The van der Waals surface area contributed by atoms with Crippen LogP contribution in [0, 0.1) is 0 Å². The van der Waals surface area contributed by atoms with Crippen molar-refractivity contribution in [2.24, 2.45) is 0 Å². The quantitative estimate of drug-likeness (QED) is 0.909. The number of nitrogens with two attached hydrogens (primary N) is 1. The van der Waals surface area contributed by atoms with Crippen molar-refractivity contribution in [3.63, 3.8) is 0 Å². The number of halogens is 1. The van der Waals surface area contributed by atoms with Crippen molar-refractivity contribution in [2.45, 2.75) is 6.92 Å². The van der Waals surface area contributed by atoms with E-state index in [1.165, 1.54) is 6.20 Å². The lowest BCUT2D eigenvalue weighted by atomic mass is 10.1. The zero-order valence-corrected chi connectivity index (χ0v) is 10.1. The fourth-order valence-corrected chi connectivity index (χ4v) is 1.65. The van der Waals surface area contributed by atoms with E-state index in [4.69, 9.17) is 22.1 Å². The van der Waals surface area contributed by atoms with Crippen LogP contribution in [0.1, 0.15) is 6.92 Å². The maximum atomic E-state index is 5.90. The lowest BCUT2D eigenvalue weighted by Crippen LogP contribution is -1.96. The van der Waals surface area contributed by atoms with Crippen LogP contribution in [0.25, 0.3) is 11.1 Å². The second-order valence-corrected chi connectivity index (χ2v) is 3.87. The average molecular weight is 250 g/mol. The first kappa shape index (κ1) is 11.7. The Hall–Kier alpha value is -1.81. The minimum absolute atomic E-state index is 0.421. The average Bonchev–Trinajstić information content (AvgIpc) is 2.33. The lowest BCUT2D eigenvalue weighted by Gasteiger charge is -2.07. The molecule has 0 saturated heterocycles. The highest BCUT2D eigenvalue weighted by atomic mass is 35.5. The molecular weight excluding hydrogens is 238 g/mol. The summed E-state index contributed by atoms with van der Waals surface area (Å²) in [5, 5.41) is 0.538. The van der Waals surface area contributed by atoms with E-state index in [1.54, 1.807) is 18.5 Å². The maximum absolute atomic E-state index is 5.90. The molecular formula is C12H12ClN3O. The molecule has 0 saturated carbocycles. The second-order valence-electron chi connectivity index (χ2n) is 3.43. The molecule has 0 atom stereocenters. The zero-order valence-electron chi connectivity index (χ0n) is 9.35. The van der Waals surface area contributed by atoms with Crippen LogP contribution in [-0.2, 0) is 0 Å². The van der Waals surface area contributed by atoms with Gasteiger partial charge in [-0.1, -0.05) is 11.6 Å². The third-order valence-electron chi connectivity index (χ3n) is 2.22. The molecule has 88 valence electrons. The van der Waals surface area contributed by atoms with Gasteiger partial charge < -0.3 is 10.5 Å². The topological polar surface area (TPSA) is 61.0 Å². The number of pyridine rings is 2. The van der Waals surface area contributed by atoms with Gasteiger partial charge >= 0.3 is 0 Å². The van der Waals surface area contributed by atoms with Gasteiger partial charge in [-0.25, -0.2) is 4.98 Å². The first-order chi connectivity index (χ1) is 8.20. The van der Waals surface area contributed by atoms with Crippen molar-refractivity contribution < 1.29 is 4.74 Å². The highest BCUT2D eigenvalue weighted by Gasteiger charge is 2.06. The number of hydrogen-bond acceptors (Lipinski definition) is 4. The van der Waals surface area contributed by atoms with Crippen LogP contribution < -0.4 is 10.5 Å². The molecule has 2 heterocycles. The van der Waals surface area contributed by atoms with E-state index in [-0.39, 0.29) is 0 Å². The number of rotatable bonds is 3. The van der Waals surface area contributed by atoms with E-state index < -0.39 is 0 Å². The summed E-state index contributed by atoms with van der Waals surface area (Å²) in [5.41, 5.74) is 7.40. The summed E-state index contributed by atoms with van der Waals surface area (Å²) >= 11 is 5.90. The van der Waals surface area contributed by atoms with Crippen LogP contribution >= 0.6 is 11.6 Å². The largest absolute Gasteiger partial charge is 0.492 e. The molecule has 0 radical (unpaired) electrons. The van der Waals surface area contributed by atoms with Gasteiger partial charge in [-0.3, -0.25) is 4.98 Å². The SMILES string of the molecule is CCOc1cncc(-c2cc(Cl)cnc2N)c1. The fraction of sp³-hybridized carbons (Fsp3) is 0.167. The third kappa shape index (κ3) is 2.65. The summed E-state index contributed by atoms with van der Waals surface area (Å²) < 4.78 is 5.38. The Balaban J connectivity index is 2.45. The van der Waals surface area contributed by atoms with Crippen LogP contribution in [-0.4, -0.2) is 16.6 Å². The summed E-state index contributed by atoms with van der Waals surface area (Å²) in [5.74, 6) is 1.12. The molecule has 2 aromatic heterocycles. The fourth-order valence-electron chi connectivity index (χ4n) is 1.49. The molecule has 0 unspecified atom stereocenters. The number of hydrogen-bond donors (Lipinski definition) is 1. The van der Waals surface area contributed by atoms with Gasteiger partial charge in [0.25, 0.3) is 0 Å². The molecule has 5 heteroatoms. The summed E-state index contributed by atoms with van der Waals surface area (Å²) in [4.78, 5) is 8.11. The number of nitrogens with zero attached hydrogens (tertiary/aromatic N) is 2. The molecule has 4 nitrogen and oxygen atoms in total. The first-order valence-electron chi connectivity index (χ1n) is 5.20. The van der Waals surface area contributed by atoms with Crippen molar-refractivity contribution in [1.29, 1.82) is 0 Å². The van der Waals surface area contributed by atoms with Gasteiger partial charge in [-0.05, 0) is 19.1 Å². The van der Waals surface area contributed by atoms with Gasteiger partial charge in [-0.2, -0.15) is 0 Å². The molecule has 2 rings (SSSR count). The Labute approximate surface area is 104 Å². The van der Waals surface area contributed by atoms with Crippen LogP contribution in [0.2, 0.25) is 5.02 Å². The summed E-state index contributed by atoms with van der Waals surface area (Å²) in [6.07, 6.45) is 4.87.